The van der Waals surface area contributed by atoms with E-state index in [-0.39, 0.29) is 0 Å². The van der Waals surface area contributed by atoms with Gasteiger partial charge in [-0.25, -0.2) is 0 Å². The summed E-state index contributed by atoms with van der Waals surface area (Å²) in [6.07, 6.45) is 5.18. The molecule has 4 heteroatoms. The summed E-state index contributed by atoms with van der Waals surface area (Å²) in [6.45, 7) is 1.52. The van der Waals surface area contributed by atoms with E-state index in [2.05, 4.69) is 5.32 Å². The molecule has 1 aromatic carbocycles. The minimum atomic E-state index is 0.668. The Hall–Kier alpha value is -1.42. The molecule has 1 aliphatic rings. The van der Waals surface area contributed by atoms with Crippen LogP contribution in [0.4, 0.5) is 0 Å². The summed E-state index contributed by atoms with van der Waals surface area (Å²) in [6, 6.07) is 4.01. The van der Waals surface area contributed by atoms with Gasteiger partial charge in [-0.05, 0) is 43.5 Å². The molecule has 1 fully saturated rings. The maximum atomic E-state index is 6.00. The Morgan fingerprint density at radius 1 is 1.10 bits per heavy atom. The lowest BCUT2D eigenvalue weighted by atomic mass is 10.1. The van der Waals surface area contributed by atoms with Crippen molar-refractivity contribution in [1.82, 2.24) is 5.32 Å². The molecule has 0 aliphatic heterocycles. The molecule has 0 heterocycles. The number of ether oxygens (including phenoxy) is 3. The highest BCUT2D eigenvalue weighted by Crippen LogP contribution is 2.39. The Bertz CT molecular complexity index is 403. The van der Waals surface area contributed by atoms with Crippen LogP contribution in [0.5, 0.6) is 17.2 Å². The Kier molecular flexibility index (Phi) is 5.53. The van der Waals surface area contributed by atoms with Gasteiger partial charge in [-0.1, -0.05) is 12.8 Å². The second-order valence-corrected chi connectivity index (χ2v) is 5.32. The largest absolute Gasteiger partial charge is 0.493 e. The number of rotatable bonds is 7. The van der Waals surface area contributed by atoms with E-state index in [1.54, 1.807) is 14.2 Å². The van der Waals surface area contributed by atoms with E-state index >= 15 is 0 Å². The van der Waals surface area contributed by atoms with Crippen LogP contribution in [-0.2, 0) is 6.54 Å². The zero-order valence-electron chi connectivity index (χ0n) is 12.7. The first-order chi connectivity index (χ1) is 9.78. The molecule has 0 aromatic heterocycles. The highest BCUT2D eigenvalue weighted by molar-refractivity contribution is 5.53. The van der Waals surface area contributed by atoms with Gasteiger partial charge in [0, 0.05) is 6.54 Å². The van der Waals surface area contributed by atoms with Gasteiger partial charge >= 0.3 is 0 Å². The summed E-state index contributed by atoms with van der Waals surface area (Å²) in [7, 11) is 5.25. The molecule has 1 N–H and O–H groups in total. The molecule has 1 aromatic rings. The number of nitrogens with one attached hydrogen (secondary N) is 1. The van der Waals surface area contributed by atoms with Crippen molar-refractivity contribution in [2.75, 3.05) is 27.9 Å². The average Bonchev–Trinajstić information content (AvgIpc) is 2.98. The first-order valence-corrected chi connectivity index (χ1v) is 7.30. The standard InChI is InChI=1S/C16H25NO3/c1-17-10-13-8-14(18-2)16(15(9-13)19-3)20-11-12-6-4-5-7-12/h8-9,12,17H,4-7,10-11H2,1-3H3. The summed E-state index contributed by atoms with van der Waals surface area (Å²) in [5.74, 6) is 2.88. The van der Waals surface area contributed by atoms with Gasteiger partial charge in [-0.3, -0.25) is 0 Å². The molecule has 0 unspecified atom stereocenters. The monoisotopic (exact) mass is 279 g/mol. The van der Waals surface area contributed by atoms with Crippen molar-refractivity contribution in [2.45, 2.75) is 32.2 Å². The smallest absolute Gasteiger partial charge is 0.203 e. The Balaban J connectivity index is 2.15. The molecule has 0 saturated heterocycles. The fourth-order valence-corrected chi connectivity index (χ4v) is 2.76. The summed E-state index contributed by atoms with van der Waals surface area (Å²) >= 11 is 0. The molecule has 0 radical (unpaired) electrons. The lowest BCUT2D eigenvalue weighted by Gasteiger charge is -2.18. The number of hydrogen-bond donors (Lipinski definition) is 1. The predicted octanol–water partition coefficient (Wildman–Crippen LogP) is 2.99. The fraction of sp³-hybridized carbons (Fsp3) is 0.625. The van der Waals surface area contributed by atoms with Crippen LogP contribution in [0, 0.1) is 5.92 Å². The van der Waals surface area contributed by atoms with Gasteiger partial charge in [-0.15, -0.1) is 0 Å². The van der Waals surface area contributed by atoms with E-state index in [0.717, 1.165) is 36.0 Å². The predicted molar refractivity (Wildman–Crippen MR) is 79.8 cm³/mol. The van der Waals surface area contributed by atoms with Crippen LogP contribution in [-0.4, -0.2) is 27.9 Å². The molecular weight excluding hydrogens is 254 g/mol. The van der Waals surface area contributed by atoms with Crippen LogP contribution < -0.4 is 19.5 Å². The number of hydrogen-bond acceptors (Lipinski definition) is 4. The van der Waals surface area contributed by atoms with Gasteiger partial charge < -0.3 is 19.5 Å². The molecule has 0 bridgehead atoms. The van der Waals surface area contributed by atoms with Crippen molar-refractivity contribution in [1.29, 1.82) is 0 Å². The number of benzene rings is 1. The second kappa shape index (κ2) is 7.39. The highest BCUT2D eigenvalue weighted by Gasteiger charge is 2.19. The third-order valence-electron chi connectivity index (χ3n) is 3.84. The molecule has 0 atom stereocenters. The summed E-state index contributed by atoms with van der Waals surface area (Å²) < 4.78 is 16.9. The van der Waals surface area contributed by atoms with Crippen molar-refractivity contribution < 1.29 is 14.2 Å². The van der Waals surface area contributed by atoms with Crippen molar-refractivity contribution >= 4 is 0 Å². The van der Waals surface area contributed by atoms with E-state index in [1.165, 1.54) is 25.7 Å². The Labute approximate surface area is 121 Å². The molecular formula is C16H25NO3. The fourth-order valence-electron chi connectivity index (χ4n) is 2.76. The minimum Gasteiger partial charge on any atom is -0.493 e. The highest BCUT2D eigenvalue weighted by atomic mass is 16.5. The Morgan fingerprint density at radius 2 is 1.70 bits per heavy atom. The van der Waals surface area contributed by atoms with Gasteiger partial charge in [0.15, 0.2) is 11.5 Å². The molecule has 0 spiro atoms. The maximum absolute atomic E-state index is 6.00. The van der Waals surface area contributed by atoms with E-state index in [0.29, 0.717) is 5.92 Å². The molecule has 1 saturated carbocycles. The molecule has 4 nitrogen and oxygen atoms in total. The van der Waals surface area contributed by atoms with E-state index in [4.69, 9.17) is 14.2 Å². The molecule has 112 valence electrons. The number of methoxy groups -OCH3 is 2. The summed E-state index contributed by atoms with van der Waals surface area (Å²) in [5, 5.41) is 3.13. The van der Waals surface area contributed by atoms with Gasteiger partial charge in [0.25, 0.3) is 0 Å². The average molecular weight is 279 g/mol. The SMILES string of the molecule is CNCc1cc(OC)c(OCC2CCCC2)c(OC)c1. The lowest BCUT2D eigenvalue weighted by molar-refractivity contribution is 0.229. The van der Waals surface area contributed by atoms with Crippen LogP contribution in [0.25, 0.3) is 0 Å². The Morgan fingerprint density at radius 3 is 2.20 bits per heavy atom. The molecule has 0 amide bonds. The molecule has 20 heavy (non-hydrogen) atoms. The lowest BCUT2D eigenvalue weighted by Crippen LogP contribution is -2.10. The topological polar surface area (TPSA) is 39.7 Å². The van der Waals surface area contributed by atoms with Gasteiger partial charge in [0.1, 0.15) is 0 Å². The second-order valence-electron chi connectivity index (χ2n) is 5.32. The van der Waals surface area contributed by atoms with Gasteiger partial charge in [0.05, 0.1) is 20.8 Å². The normalized spacial score (nSPS) is 15.3. The zero-order chi connectivity index (χ0) is 14.4. The minimum absolute atomic E-state index is 0.668. The zero-order valence-corrected chi connectivity index (χ0v) is 12.7. The van der Waals surface area contributed by atoms with Crippen molar-refractivity contribution in [3.8, 4) is 17.2 Å². The third-order valence-corrected chi connectivity index (χ3v) is 3.84. The third kappa shape index (κ3) is 3.57. The summed E-state index contributed by atoms with van der Waals surface area (Å²) in [5.41, 5.74) is 1.12. The van der Waals surface area contributed by atoms with E-state index in [1.807, 2.05) is 19.2 Å². The van der Waals surface area contributed by atoms with Crippen LogP contribution in [0.15, 0.2) is 12.1 Å². The molecule has 2 rings (SSSR count). The van der Waals surface area contributed by atoms with Gasteiger partial charge in [-0.2, -0.15) is 0 Å². The van der Waals surface area contributed by atoms with Crippen molar-refractivity contribution in [3.05, 3.63) is 17.7 Å². The maximum Gasteiger partial charge on any atom is 0.203 e. The van der Waals surface area contributed by atoms with Gasteiger partial charge in [0.2, 0.25) is 5.75 Å². The van der Waals surface area contributed by atoms with Crippen LogP contribution in [0.1, 0.15) is 31.2 Å². The van der Waals surface area contributed by atoms with Crippen LogP contribution in [0.3, 0.4) is 0 Å². The first kappa shape index (κ1) is 15.0. The van der Waals surface area contributed by atoms with Crippen molar-refractivity contribution in [3.63, 3.8) is 0 Å². The van der Waals surface area contributed by atoms with Crippen LogP contribution in [0.2, 0.25) is 0 Å². The van der Waals surface area contributed by atoms with E-state index < -0.39 is 0 Å². The quantitative estimate of drug-likeness (QED) is 0.833. The van der Waals surface area contributed by atoms with Crippen molar-refractivity contribution in [2.24, 2.45) is 5.92 Å². The summed E-state index contributed by atoms with van der Waals surface area (Å²) in [4.78, 5) is 0. The van der Waals surface area contributed by atoms with E-state index in [9.17, 15) is 0 Å². The molecule has 1 aliphatic carbocycles. The van der Waals surface area contributed by atoms with Crippen LogP contribution >= 0.6 is 0 Å². The first-order valence-electron chi connectivity index (χ1n) is 7.30.